The summed E-state index contributed by atoms with van der Waals surface area (Å²) in [5.41, 5.74) is 7.54. The molecule has 1 atom stereocenters. The van der Waals surface area contributed by atoms with E-state index in [1.165, 1.54) is 6.07 Å². The Kier molecular flexibility index (Phi) is 4.53. The zero-order valence-electron chi connectivity index (χ0n) is 11.0. The van der Waals surface area contributed by atoms with Gasteiger partial charge in [-0.2, -0.15) is 0 Å². The highest BCUT2D eigenvalue weighted by molar-refractivity contribution is 5.36. The summed E-state index contributed by atoms with van der Waals surface area (Å²) in [7, 11) is 0. The minimum absolute atomic E-state index is 0.0585. The van der Waals surface area contributed by atoms with Crippen molar-refractivity contribution in [2.45, 2.75) is 26.0 Å². The summed E-state index contributed by atoms with van der Waals surface area (Å²) in [5, 5.41) is 0. The molecule has 0 saturated carbocycles. The molecule has 0 saturated heterocycles. The summed E-state index contributed by atoms with van der Waals surface area (Å²) >= 11 is 0. The van der Waals surface area contributed by atoms with Crippen LogP contribution in [0.15, 0.2) is 48.5 Å². The largest absolute Gasteiger partial charge is 0.488 e. The second kappa shape index (κ2) is 6.34. The van der Waals surface area contributed by atoms with Crippen LogP contribution in [0.1, 0.15) is 30.5 Å². The molecule has 0 aliphatic rings. The molecule has 0 aliphatic heterocycles. The molecule has 2 aromatic rings. The van der Waals surface area contributed by atoms with Crippen LogP contribution in [-0.4, -0.2) is 0 Å². The quantitative estimate of drug-likeness (QED) is 0.886. The lowest BCUT2D eigenvalue weighted by Crippen LogP contribution is -2.11. The van der Waals surface area contributed by atoms with E-state index in [-0.39, 0.29) is 18.5 Å². The molecule has 0 radical (unpaired) electrons. The molecule has 0 aliphatic carbocycles. The van der Waals surface area contributed by atoms with Crippen LogP contribution in [0.3, 0.4) is 0 Å². The van der Waals surface area contributed by atoms with Crippen molar-refractivity contribution >= 4 is 0 Å². The number of ether oxygens (including phenoxy) is 1. The number of nitrogens with two attached hydrogens (primary N) is 1. The fourth-order valence-electron chi connectivity index (χ4n) is 1.91. The van der Waals surface area contributed by atoms with Gasteiger partial charge >= 0.3 is 0 Å². The second-order valence-electron chi connectivity index (χ2n) is 4.43. The zero-order valence-corrected chi connectivity index (χ0v) is 11.0. The van der Waals surface area contributed by atoms with Crippen molar-refractivity contribution in [2.75, 3.05) is 0 Å². The molecule has 0 bridgehead atoms. The molecule has 0 fully saturated rings. The van der Waals surface area contributed by atoms with Gasteiger partial charge in [-0.1, -0.05) is 43.3 Å². The van der Waals surface area contributed by atoms with E-state index < -0.39 is 0 Å². The maximum atomic E-state index is 13.5. The van der Waals surface area contributed by atoms with Crippen LogP contribution < -0.4 is 10.5 Å². The van der Waals surface area contributed by atoms with Crippen molar-refractivity contribution in [3.05, 3.63) is 65.5 Å². The maximum Gasteiger partial charge on any atom is 0.129 e. The van der Waals surface area contributed by atoms with Gasteiger partial charge in [-0.05, 0) is 18.6 Å². The first-order valence-corrected chi connectivity index (χ1v) is 6.43. The average molecular weight is 259 g/mol. The van der Waals surface area contributed by atoms with Crippen molar-refractivity contribution < 1.29 is 9.13 Å². The summed E-state index contributed by atoms with van der Waals surface area (Å²) < 4.78 is 19.2. The van der Waals surface area contributed by atoms with Crippen LogP contribution >= 0.6 is 0 Å². The molecule has 100 valence electrons. The van der Waals surface area contributed by atoms with Gasteiger partial charge in [0, 0.05) is 17.2 Å². The molecule has 2 nitrogen and oxygen atoms in total. The van der Waals surface area contributed by atoms with E-state index in [1.54, 1.807) is 18.2 Å². The SMILES string of the molecule is CCC(N)c1ccccc1OCc1ccccc1F. The van der Waals surface area contributed by atoms with Gasteiger partial charge in [0.1, 0.15) is 18.2 Å². The van der Waals surface area contributed by atoms with Gasteiger partial charge in [0.15, 0.2) is 0 Å². The van der Waals surface area contributed by atoms with E-state index in [1.807, 2.05) is 31.2 Å². The third-order valence-corrected chi connectivity index (χ3v) is 3.10. The van der Waals surface area contributed by atoms with Gasteiger partial charge in [0.25, 0.3) is 0 Å². The molecular weight excluding hydrogens is 241 g/mol. The Morgan fingerprint density at radius 2 is 1.79 bits per heavy atom. The number of para-hydroxylation sites is 1. The first-order valence-electron chi connectivity index (χ1n) is 6.43. The van der Waals surface area contributed by atoms with Gasteiger partial charge in [0.05, 0.1) is 0 Å². The van der Waals surface area contributed by atoms with E-state index >= 15 is 0 Å². The smallest absolute Gasteiger partial charge is 0.129 e. The van der Waals surface area contributed by atoms with E-state index in [4.69, 9.17) is 10.5 Å². The molecule has 0 amide bonds. The van der Waals surface area contributed by atoms with Gasteiger partial charge in [-0.15, -0.1) is 0 Å². The van der Waals surface area contributed by atoms with Crippen LogP contribution in [0.4, 0.5) is 4.39 Å². The topological polar surface area (TPSA) is 35.2 Å². The Balaban J connectivity index is 2.14. The van der Waals surface area contributed by atoms with Crippen molar-refractivity contribution in [2.24, 2.45) is 5.73 Å². The second-order valence-corrected chi connectivity index (χ2v) is 4.43. The number of hydrogen-bond donors (Lipinski definition) is 1. The van der Waals surface area contributed by atoms with Crippen LogP contribution in [0.2, 0.25) is 0 Å². The Morgan fingerprint density at radius 1 is 1.11 bits per heavy atom. The van der Waals surface area contributed by atoms with E-state index in [2.05, 4.69) is 0 Å². The van der Waals surface area contributed by atoms with Crippen molar-refractivity contribution in [1.82, 2.24) is 0 Å². The Hall–Kier alpha value is -1.87. The fourth-order valence-corrected chi connectivity index (χ4v) is 1.91. The first kappa shape index (κ1) is 13.6. The number of halogens is 1. The normalized spacial score (nSPS) is 12.2. The lowest BCUT2D eigenvalue weighted by atomic mass is 10.0. The van der Waals surface area contributed by atoms with Crippen LogP contribution in [0.25, 0.3) is 0 Å². The molecule has 19 heavy (non-hydrogen) atoms. The molecule has 2 N–H and O–H groups in total. The van der Waals surface area contributed by atoms with Crippen LogP contribution in [-0.2, 0) is 6.61 Å². The standard InChI is InChI=1S/C16H18FNO/c1-2-15(18)13-8-4-6-10-16(13)19-11-12-7-3-5-9-14(12)17/h3-10,15H,2,11,18H2,1H3. The fraction of sp³-hybridized carbons (Fsp3) is 0.250. The lowest BCUT2D eigenvalue weighted by Gasteiger charge is -2.15. The van der Waals surface area contributed by atoms with E-state index in [9.17, 15) is 4.39 Å². The van der Waals surface area contributed by atoms with Crippen LogP contribution in [0.5, 0.6) is 5.75 Å². The molecule has 0 aromatic heterocycles. The minimum Gasteiger partial charge on any atom is -0.488 e. The lowest BCUT2D eigenvalue weighted by molar-refractivity contribution is 0.294. The van der Waals surface area contributed by atoms with Gasteiger partial charge in [-0.3, -0.25) is 0 Å². The number of benzene rings is 2. The predicted octanol–water partition coefficient (Wildman–Crippen LogP) is 3.81. The minimum atomic E-state index is -0.250. The highest BCUT2D eigenvalue weighted by Gasteiger charge is 2.10. The van der Waals surface area contributed by atoms with Crippen molar-refractivity contribution in [1.29, 1.82) is 0 Å². The molecule has 1 unspecified atom stereocenters. The Morgan fingerprint density at radius 3 is 2.53 bits per heavy atom. The summed E-state index contributed by atoms with van der Waals surface area (Å²) in [5.74, 6) is 0.472. The molecule has 2 rings (SSSR count). The van der Waals surface area contributed by atoms with Crippen LogP contribution in [0, 0.1) is 5.82 Å². The summed E-state index contributed by atoms with van der Waals surface area (Å²) in [4.78, 5) is 0. The predicted molar refractivity (Wildman–Crippen MR) is 74.4 cm³/mol. The maximum absolute atomic E-state index is 13.5. The number of hydrogen-bond acceptors (Lipinski definition) is 2. The Bertz CT molecular complexity index is 542. The third-order valence-electron chi connectivity index (χ3n) is 3.10. The van der Waals surface area contributed by atoms with Gasteiger partial charge < -0.3 is 10.5 Å². The van der Waals surface area contributed by atoms with Gasteiger partial charge in [-0.25, -0.2) is 4.39 Å². The summed E-state index contributed by atoms with van der Waals surface area (Å²) in [6.07, 6.45) is 0.833. The molecular formula is C16H18FNO. The van der Waals surface area contributed by atoms with Gasteiger partial charge in [0.2, 0.25) is 0 Å². The summed E-state index contributed by atoms with van der Waals surface area (Å²) in [6.45, 7) is 2.23. The monoisotopic (exact) mass is 259 g/mol. The molecule has 2 aromatic carbocycles. The average Bonchev–Trinajstić information content (AvgIpc) is 2.46. The zero-order chi connectivity index (χ0) is 13.7. The molecule has 0 heterocycles. The summed E-state index contributed by atoms with van der Waals surface area (Å²) in [6, 6.07) is 14.2. The number of rotatable bonds is 5. The highest BCUT2D eigenvalue weighted by atomic mass is 19.1. The molecule has 3 heteroatoms. The van der Waals surface area contributed by atoms with Crippen molar-refractivity contribution in [3.63, 3.8) is 0 Å². The Labute approximate surface area is 113 Å². The highest BCUT2D eigenvalue weighted by Crippen LogP contribution is 2.26. The third kappa shape index (κ3) is 3.32. The van der Waals surface area contributed by atoms with Crippen molar-refractivity contribution in [3.8, 4) is 5.75 Å². The molecule has 0 spiro atoms. The van der Waals surface area contributed by atoms with E-state index in [0.29, 0.717) is 5.56 Å². The first-order chi connectivity index (χ1) is 9.22. The van der Waals surface area contributed by atoms with E-state index in [0.717, 1.165) is 17.7 Å².